The minimum Gasteiger partial charge on any atom is -0.308 e. The zero-order chi connectivity index (χ0) is 9.73. The second-order valence-corrected chi connectivity index (χ2v) is 3.45. The van der Waals surface area contributed by atoms with E-state index in [1.807, 2.05) is 37.3 Å². The number of aldehydes is 1. The molecule has 0 fully saturated rings. The summed E-state index contributed by atoms with van der Waals surface area (Å²) in [5, 5.41) is 3.01. The van der Waals surface area contributed by atoms with Crippen LogP contribution in [-0.2, 0) is 11.2 Å². The van der Waals surface area contributed by atoms with Crippen molar-refractivity contribution in [1.82, 2.24) is 5.32 Å². The molecule has 0 radical (unpaired) electrons. The molecule has 0 aromatic heterocycles. The molecule has 2 nitrogen and oxygen atoms in total. The fourth-order valence-electron chi connectivity index (χ4n) is 1.21. The summed E-state index contributed by atoms with van der Waals surface area (Å²) in [5.41, 5.74) is 0.730. The Morgan fingerprint density at radius 1 is 1.38 bits per heavy atom. The predicted molar refractivity (Wildman–Crippen MR) is 53.7 cm³/mol. The number of hydrogen-bond acceptors (Lipinski definition) is 2. The van der Waals surface area contributed by atoms with Crippen LogP contribution < -0.4 is 5.32 Å². The zero-order valence-electron chi connectivity index (χ0n) is 8.08. The van der Waals surface area contributed by atoms with Crippen molar-refractivity contribution in [2.75, 3.05) is 7.05 Å². The Kier molecular flexibility index (Phi) is 3.20. The van der Waals surface area contributed by atoms with Gasteiger partial charge in [-0.15, -0.1) is 0 Å². The van der Waals surface area contributed by atoms with Gasteiger partial charge in [0.05, 0.1) is 5.54 Å². The van der Waals surface area contributed by atoms with E-state index >= 15 is 0 Å². The van der Waals surface area contributed by atoms with E-state index in [0.29, 0.717) is 0 Å². The van der Waals surface area contributed by atoms with E-state index in [-0.39, 0.29) is 0 Å². The Balaban J connectivity index is 2.73. The molecule has 0 amide bonds. The molecule has 1 aromatic rings. The van der Waals surface area contributed by atoms with Gasteiger partial charge in [0.2, 0.25) is 0 Å². The number of nitrogens with one attached hydrogen (secondary N) is 1. The Morgan fingerprint density at radius 2 is 2.00 bits per heavy atom. The summed E-state index contributed by atoms with van der Waals surface area (Å²) in [5.74, 6) is 0. The van der Waals surface area contributed by atoms with Gasteiger partial charge in [0, 0.05) is 0 Å². The molecule has 1 N–H and O–H groups in total. The first-order valence-electron chi connectivity index (χ1n) is 4.39. The zero-order valence-corrected chi connectivity index (χ0v) is 8.08. The van der Waals surface area contributed by atoms with Gasteiger partial charge >= 0.3 is 0 Å². The molecule has 0 spiro atoms. The molecule has 13 heavy (non-hydrogen) atoms. The molecule has 0 aliphatic rings. The SMILES string of the molecule is CNC(C)(C=O)Cc1ccccc1. The summed E-state index contributed by atoms with van der Waals surface area (Å²) in [4.78, 5) is 10.8. The highest BCUT2D eigenvalue weighted by Crippen LogP contribution is 2.09. The van der Waals surface area contributed by atoms with Crippen LogP contribution in [0.4, 0.5) is 0 Å². The standard InChI is InChI=1S/C11H15NO/c1-11(9-13,12-2)8-10-6-4-3-5-7-10/h3-7,9,12H,8H2,1-2H3. The summed E-state index contributed by atoms with van der Waals surface area (Å²) in [6.07, 6.45) is 1.69. The molecule has 1 rings (SSSR count). The molecule has 0 aliphatic heterocycles. The van der Waals surface area contributed by atoms with E-state index in [0.717, 1.165) is 12.7 Å². The van der Waals surface area contributed by atoms with Crippen molar-refractivity contribution in [1.29, 1.82) is 0 Å². The molecule has 0 saturated carbocycles. The molecule has 70 valence electrons. The third-order valence-corrected chi connectivity index (χ3v) is 2.25. The van der Waals surface area contributed by atoms with Crippen LogP contribution in [0.5, 0.6) is 0 Å². The van der Waals surface area contributed by atoms with Gasteiger partial charge in [0.1, 0.15) is 6.29 Å². The van der Waals surface area contributed by atoms with Gasteiger partial charge in [-0.1, -0.05) is 30.3 Å². The molecule has 1 atom stereocenters. The van der Waals surface area contributed by atoms with Crippen molar-refractivity contribution < 1.29 is 4.79 Å². The largest absolute Gasteiger partial charge is 0.308 e. The van der Waals surface area contributed by atoms with Crippen molar-refractivity contribution in [2.24, 2.45) is 0 Å². The first-order valence-corrected chi connectivity index (χ1v) is 4.39. The maximum Gasteiger partial charge on any atom is 0.140 e. The first kappa shape index (κ1) is 9.93. The van der Waals surface area contributed by atoms with Crippen molar-refractivity contribution in [3.8, 4) is 0 Å². The molecule has 1 unspecified atom stereocenters. The lowest BCUT2D eigenvalue weighted by atomic mass is 9.95. The minimum absolute atomic E-state index is 0.443. The van der Waals surface area contributed by atoms with E-state index in [1.54, 1.807) is 7.05 Å². The van der Waals surface area contributed by atoms with Crippen LogP contribution in [-0.4, -0.2) is 18.9 Å². The van der Waals surface area contributed by atoms with Crippen LogP contribution in [0, 0.1) is 0 Å². The molecular weight excluding hydrogens is 162 g/mol. The molecular formula is C11H15NO. The predicted octanol–water partition coefficient (Wildman–Crippen LogP) is 1.41. The second-order valence-electron chi connectivity index (χ2n) is 3.45. The van der Waals surface area contributed by atoms with Gasteiger partial charge < -0.3 is 10.1 Å². The highest BCUT2D eigenvalue weighted by Gasteiger charge is 2.20. The quantitative estimate of drug-likeness (QED) is 0.704. The van der Waals surface area contributed by atoms with Crippen molar-refractivity contribution in [3.63, 3.8) is 0 Å². The maximum absolute atomic E-state index is 10.8. The summed E-state index contributed by atoms with van der Waals surface area (Å²) in [6, 6.07) is 9.99. The van der Waals surface area contributed by atoms with Crippen LogP contribution in [0.1, 0.15) is 12.5 Å². The maximum atomic E-state index is 10.8. The van der Waals surface area contributed by atoms with Gasteiger partial charge in [-0.2, -0.15) is 0 Å². The van der Waals surface area contributed by atoms with E-state index < -0.39 is 5.54 Å². The van der Waals surface area contributed by atoms with Gasteiger partial charge in [-0.25, -0.2) is 0 Å². The monoisotopic (exact) mass is 177 g/mol. The number of rotatable bonds is 4. The average Bonchev–Trinajstić information content (AvgIpc) is 2.19. The Morgan fingerprint density at radius 3 is 2.46 bits per heavy atom. The van der Waals surface area contributed by atoms with Crippen molar-refractivity contribution >= 4 is 6.29 Å². The topological polar surface area (TPSA) is 29.1 Å². The molecule has 0 heterocycles. The van der Waals surface area contributed by atoms with Crippen molar-refractivity contribution in [2.45, 2.75) is 18.9 Å². The van der Waals surface area contributed by atoms with E-state index in [9.17, 15) is 4.79 Å². The van der Waals surface area contributed by atoms with Gasteiger partial charge in [-0.3, -0.25) is 0 Å². The van der Waals surface area contributed by atoms with Gasteiger partial charge in [0.25, 0.3) is 0 Å². The Hall–Kier alpha value is -1.15. The normalized spacial score (nSPS) is 14.9. The molecule has 0 bridgehead atoms. The van der Waals surface area contributed by atoms with Crippen LogP contribution in [0.25, 0.3) is 0 Å². The van der Waals surface area contributed by atoms with E-state index in [2.05, 4.69) is 5.32 Å². The third-order valence-electron chi connectivity index (χ3n) is 2.25. The minimum atomic E-state index is -0.443. The smallest absolute Gasteiger partial charge is 0.140 e. The molecule has 2 heteroatoms. The lowest BCUT2D eigenvalue weighted by Crippen LogP contribution is -2.43. The van der Waals surface area contributed by atoms with Gasteiger partial charge in [0.15, 0.2) is 0 Å². The van der Waals surface area contributed by atoms with Crippen LogP contribution in [0.2, 0.25) is 0 Å². The molecule has 0 saturated heterocycles. The van der Waals surface area contributed by atoms with Crippen LogP contribution in [0.15, 0.2) is 30.3 Å². The number of hydrogen-bond donors (Lipinski definition) is 1. The van der Waals surface area contributed by atoms with E-state index in [1.165, 1.54) is 5.56 Å². The number of carbonyl (C=O) groups is 1. The highest BCUT2D eigenvalue weighted by atomic mass is 16.1. The Labute approximate surface area is 79.0 Å². The van der Waals surface area contributed by atoms with Crippen LogP contribution >= 0.6 is 0 Å². The highest BCUT2D eigenvalue weighted by molar-refractivity contribution is 5.64. The second kappa shape index (κ2) is 4.19. The fraction of sp³-hybridized carbons (Fsp3) is 0.364. The number of carbonyl (C=O) groups excluding carboxylic acids is 1. The molecule has 0 aliphatic carbocycles. The van der Waals surface area contributed by atoms with Crippen LogP contribution in [0.3, 0.4) is 0 Å². The fourth-order valence-corrected chi connectivity index (χ4v) is 1.21. The summed E-state index contributed by atoms with van der Waals surface area (Å²) in [7, 11) is 1.80. The summed E-state index contributed by atoms with van der Waals surface area (Å²) < 4.78 is 0. The van der Waals surface area contributed by atoms with Gasteiger partial charge in [-0.05, 0) is 26.0 Å². The average molecular weight is 177 g/mol. The van der Waals surface area contributed by atoms with Crippen molar-refractivity contribution in [3.05, 3.63) is 35.9 Å². The van der Waals surface area contributed by atoms with E-state index in [4.69, 9.17) is 0 Å². The number of likely N-dealkylation sites (N-methyl/N-ethyl adjacent to an activating group) is 1. The first-order chi connectivity index (χ1) is 6.20. The lowest BCUT2D eigenvalue weighted by molar-refractivity contribution is -0.112. The Bertz CT molecular complexity index is 271. The molecule has 1 aromatic carbocycles. The summed E-state index contributed by atoms with van der Waals surface area (Å²) >= 11 is 0. The lowest BCUT2D eigenvalue weighted by Gasteiger charge is -2.22. The summed E-state index contributed by atoms with van der Waals surface area (Å²) in [6.45, 7) is 1.90. The third kappa shape index (κ3) is 2.67. The number of benzene rings is 1.